The van der Waals surface area contributed by atoms with E-state index >= 15 is 0 Å². The summed E-state index contributed by atoms with van der Waals surface area (Å²) in [4.78, 5) is 0. The van der Waals surface area contributed by atoms with Crippen LogP contribution in [0.3, 0.4) is 0 Å². The third-order valence-electron chi connectivity index (χ3n) is 7.73. The third kappa shape index (κ3) is 35.9. The van der Waals surface area contributed by atoms with Gasteiger partial charge in [-0.1, -0.05) is 167 Å². The Hall–Kier alpha value is -0.240. The van der Waals surface area contributed by atoms with Gasteiger partial charge in [0.1, 0.15) is 0 Å². The highest BCUT2D eigenvalue weighted by atomic mass is 32.1. The van der Waals surface area contributed by atoms with Crippen molar-refractivity contribution < 1.29 is 4.48 Å². The largest absolute Gasteiger partial charge is 0.753 e. The monoisotopic (exact) mass is 525 g/mol. The molecule has 0 radical (unpaired) electrons. The Bertz CT molecular complexity index is 397. The predicted octanol–water partition coefficient (Wildman–Crippen LogP) is 11.9. The highest BCUT2D eigenvalue weighted by molar-refractivity contribution is 7.78. The molecule has 0 saturated heterocycles. The Balaban J connectivity index is 0. The van der Waals surface area contributed by atoms with Gasteiger partial charge in [0.25, 0.3) is 0 Å². The fourth-order valence-electron chi connectivity index (χ4n) is 5.23. The average Bonchev–Trinajstić information content (AvgIpc) is 2.85. The minimum absolute atomic E-state index is 1.25. The van der Waals surface area contributed by atoms with Gasteiger partial charge < -0.3 is 9.89 Å². The Labute approximate surface area is 234 Å². The minimum Gasteiger partial charge on any atom is -0.753 e. The molecule has 216 valence electrons. The number of hydrogen-bond donors (Lipinski definition) is 0. The lowest BCUT2D eigenvalue weighted by Crippen LogP contribution is -2.41. The molecule has 0 fully saturated rings. The van der Waals surface area contributed by atoms with E-state index in [2.05, 4.69) is 40.2 Å². The van der Waals surface area contributed by atoms with Crippen molar-refractivity contribution in [2.75, 3.05) is 27.2 Å². The second-order valence-electron chi connectivity index (χ2n) is 12.0. The van der Waals surface area contributed by atoms with Gasteiger partial charge >= 0.3 is 0 Å². The van der Waals surface area contributed by atoms with Crippen molar-refractivity contribution in [1.82, 2.24) is 0 Å². The second-order valence-corrected chi connectivity index (χ2v) is 12.1. The second kappa shape index (κ2) is 32.8. The molecular weight excluding hydrogens is 456 g/mol. The maximum absolute atomic E-state index is 7.13. The van der Waals surface area contributed by atoms with E-state index in [-0.39, 0.29) is 0 Å². The molecule has 0 atom stereocenters. The average molecular weight is 525 g/mol. The molecule has 0 heterocycles. The Morgan fingerprint density at radius 2 is 0.583 bits per heavy atom. The first-order valence-electron chi connectivity index (χ1n) is 16.4. The summed E-state index contributed by atoms with van der Waals surface area (Å²) in [5.74, 6) is 0. The first-order valence-corrected chi connectivity index (χ1v) is 16.8. The number of isothiocyanates is 1. The Kier molecular flexibility index (Phi) is 34.5. The number of quaternary nitrogens is 1. The molecule has 0 spiro atoms. The molecule has 0 aromatic heterocycles. The molecule has 0 aromatic carbocycles. The Morgan fingerprint density at radius 1 is 0.417 bits per heavy atom. The fraction of sp³-hybridized carbons (Fsp3) is 0.970. The van der Waals surface area contributed by atoms with Gasteiger partial charge in [-0.05, 0) is 25.7 Å². The fourth-order valence-corrected chi connectivity index (χ4v) is 5.23. The lowest BCUT2D eigenvalue weighted by molar-refractivity contribution is -0.890. The lowest BCUT2D eigenvalue weighted by atomic mass is 10.0. The van der Waals surface area contributed by atoms with E-state index in [0.29, 0.717) is 0 Å². The predicted molar refractivity (Wildman–Crippen MR) is 169 cm³/mol. The topological polar surface area (TPSA) is 22.3 Å². The van der Waals surface area contributed by atoms with E-state index in [1.165, 1.54) is 190 Å². The highest BCUT2D eigenvalue weighted by Gasteiger charge is 2.13. The van der Waals surface area contributed by atoms with Crippen molar-refractivity contribution in [3.63, 3.8) is 0 Å². The van der Waals surface area contributed by atoms with Gasteiger partial charge in [0.05, 0.1) is 27.2 Å². The molecule has 0 aromatic rings. The summed E-state index contributed by atoms with van der Waals surface area (Å²) >= 11 is 3.70. The first kappa shape index (κ1) is 37.9. The van der Waals surface area contributed by atoms with E-state index in [4.69, 9.17) is 5.41 Å². The van der Waals surface area contributed by atoms with Crippen LogP contribution >= 0.6 is 12.2 Å². The standard InChI is InChI=1S/C32H68N.CNS/c1-5-7-9-11-13-15-17-19-21-23-25-27-29-31-33(3,4)32-30-28-26-24-22-20-18-16-14-12-10-8-6-2;2-1-3/h5-32H2,1-4H3;/q+1;-1. The summed E-state index contributed by atoms with van der Waals surface area (Å²) < 4.78 is 1.25. The summed E-state index contributed by atoms with van der Waals surface area (Å²) in [6.07, 6.45) is 38.0. The van der Waals surface area contributed by atoms with Crippen LogP contribution in [0.5, 0.6) is 0 Å². The summed E-state index contributed by atoms with van der Waals surface area (Å²) in [5.41, 5.74) is 0. The van der Waals surface area contributed by atoms with Crippen LogP contribution in [-0.2, 0) is 0 Å². The molecule has 0 rings (SSSR count). The van der Waals surface area contributed by atoms with Crippen molar-refractivity contribution in [2.24, 2.45) is 0 Å². The van der Waals surface area contributed by atoms with Crippen LogP contribution in [0.25, 0.3) is 5.41 Å². The lowest BCUT2D eigenvalue weighted by Gasteiger charge is -2.30. The molecule has 0 bridgehead atoms. The summed E-state index contributed by atoms with van der Waals surface area (Å²) in [6, 6.07) is 0. The summed E-state index contributed by atoms with van der Waals surface area (Å²) in [5, 5.41) is 8.47. The van der Waals surface area contributed by atoms with Crippen LogP contribution in [0.2, 0.25) is 0 Å². The number of thiocarbonyl (C=S) groups is 1. The zero-order chi connectivity index (χ0) is 27.0. The van der Waals surface area contributed by atoms with Crippen LogP contribution in [0.15, 0.2) is 0 Å². The van der Waals surface area contributed by atoms with Crippen molar-refractivity contribution in [3.05, 3.63) is 5.41 Å². The maximum Gasteiger partial charge on any atom is 0.0782 e. The minimum atomic E-state index is 1.25. The summed E-state index contributed by atoms with van der Waals surface area (Å²) in [7, 11) is 4.92. The van der Waals surface area contributed by atoms with E-state index < -0.39 is 0 Å². The van der Waals surface area contributed by atoms with Gasteiger partial charge in [0.2, 0.25) is 0 Å². The van der Waals surface area contributed by atoms with Crippen molar-refractivity contribution in [1.29, 1.82) is 0 Å². The zero-order valence-electron chi connectivity index (χ0n) is 25.6. The normalized spacial score (nSPS) is 11.2. The Morgan fingerprint density at radius 3 is 0.778 bits per heavy atom. The zero-order valence-corrected chi connectivity index (χ0v) is 26.4. The highest BCUT2D eigenvalue weighted by Crippen LogP contribution is 2.15. The molecule has 0 aliphatic heterocycles. The number of hydrogen-bond acceptors (Lipinski definition) is 1. The molecule has 0 amide bonds. The van der Waals surface area contributed by atoms with Gasteiger partial charge in [-0.3, -0.25) is 0 Å². The van der Waals surface area contributed by atoms with Gasteiger partial charge in [0, 0.05) is 0 Å². The van der Waals surface area contributed by atoms with Crippen molar-refractivity contribution in [3.8, 4) is 0 Å². The van der Waals surface area contributed by atoms with Crippen molar-refractivity contribution >= 4 is 17.4 Å². The van der Waals surface area contributed by atoms with E-state index in [1.54, 1.807) is 0 Å². The summed E-state index contributed by atoms with van der Waals surface area (Å²) in [6.45, 7) is 7.38. The van der Waals surface area contributed by atoms with E-state index in [1.807, 2.05) is 0 Å². The van der Waals surface area contributed by atoms with Crippen LogP contribution < -0.4 is 0 Å². The molecule has 0 unspecified atom stereocenters. The SMILES string of the molecule is CCCCCCCCCCCCCCC[N+](C)(C)CCCCCCCCCCCCCCC.[N-]=C=S. The van der Waals surface area contributed by atoms with Gasteiger partial charge in [0.15, 0.2) is 0 Å². The maximum atomic E-state index is 7.13. The molecule has 0 saturated carbocycles. The van der Waals surface area contributed by atoms with Crippen molar-refractivity contribution in [2.45, 2.75) is 181 Å². The quantitative estimate of drug-likeness (QED) is 0.0431. The molecule has 0 aliphatic rings. The van der Waals surface area contributed by atoms with Gasteiger partial charge in [-0.2, -0.15) is 5.16 Å². The smallest absolute Gasteiger partial charge is 0.0782 e. The first-order chi connectivity index (χ1) is 17.5. The third-order valence-corrected chi connectivity index (χ3v) is 7.73. The van der Waals surface area contributed by atoms with E-state index in [0.717, 1.165) is 0 Å². The molecule has 2 nitrogen and oxygen atoms in total. The molecule has 3 heteroatoms. The van der Waals surface area contributed by atoms with Crippen LogP contribution in [-0.4, -0.2) is 36.8 Å². The molecular formula is C33H68N2S. The van der Waals surface area contributed by atoms with Crippen LogP contribution in [0.1, 0.15) is 181 Å². The van der Waals surface area contributed by atoms with Gasteiger partial charge in [-0.25, -0.2) is 0 Å². The molecule has 36 heavy (non-hydrogen) atoms. The van der Waals surface area contributed by atoms with Crippen LogP contribution in [0.4, 0.5) is 0 Å². The molecule has 0 aliphatic carbocycles. The number of unbranched alkanes of at least 4 members (excludes halogenated alkanes) is 24. The van der Waals surface area contributed by atoms with Crippen LogP contribution in [0, 0.1) is 0 Å². The number of nitrogens with zero attached hydrogens (tertiary/aromatic N) is 2. The van der Waals surface area contributed by atoms with E-state index in [9.17, 15) is 0 Å². The number of rotatable bonds is 28. The van der Waals surface area contributed by atoms with Gasteiger partial charge in [-0.15, -0.1) is 0 Å². The molecule has 0 N–H and O–H groups in total.